The zero-order valence-corrected chi connectivity index (χ0v) is 27.2. The molecule has 2 heterocycles. The van der Waals surface area contributed by atoms with Crippen LogP contribution in [0.25, 0.3) is 83.9 Å². The van der Waals surface area contributed by atoms with E-state index in [-0.39, 0.29) is 39.4 Å². The molecule has 52 heavy (non-hydrogen) atoms. The highest BCUT2D eigenvalue weighted by molar-refractivity contribution is 6.15. The molecule has 4 nitrogen and oxygen atoms in total. The van der Waals surface area contributed by atoms with E-state index in [4.69, 9.17) is 30.0 Å². The Bertz CT molecular complexity index is 3560. The van der Waals surface area contributed by atoms with Gasteiger partial charge in [0.25, 0.3) is 0 Å². The van der Waals surface area contributed by atoms with Gasteiger partial charge in [-0.25, -0.2) is 4.98 Å². The van der Waals surface area contributed by atoms with Gasteiger partial charge in [0.15, 0.2) is 11.6 Å². The molecule has 0 bridgehead atoms. The molecule has 0 aliphatic heterocycles. The van der Waals surface area contributed by atoms with Crippen LogP contribution >= 0.6 is 0 Å². The van der Waals surface area contributed by atoms with Crippen molar-refractivity contribution in [2.75, 3.05) is 0 Å². The zero-order valence-electron chi connectivity index (χ0n) is 43.2. The van der Waals surface area contributed by atoms with Crippen molar-refractivity contribution < 1.29 is 21.9 Å². The molecular formula is C48H34N4. The van der Waals surface area contributed by atoms with Crippen LogP contribution in [0.1, 0.15) is 46.8 Å². The molecule has 0 unspecified atom stereocenters. The molecule has 0 N–H and O–H groups in total. The van der Waals surface area contributed by atoms with Gasteiger partial charge in [-0.2, -0.15) is 9.97 Å². The highest BCUT2D eigenvalue weighted by Crippen LogP contribution is 2.52. The summed E-state index contributed by atoms with van der Waals surface area (Å²) in [5.74, 6) is -0.192. The average Bonchev–Trinajstić information content (AvgIpc) is 3.87. The number of rotatable bonds is 5. The third-order valence-electron chi connectivity index (χ3n) is 9.41. The smallest absolute Gasteiger partial charge is 0.238 e. The van der Waals surface area contributed by atoms with Crippen molar-refractivity contribution in [3.63, 3.8) is 0 Å². The molecule has 0 fully saturated rings. The van der Waals surface area contributed by atoms with Crippen molar-refractivity contribution in [3.05, 3.63) is 181 Å². The monoisotopic (exact) mass is 682 g/mol. The third kappa shape index (κ3) is 4.72. The molecule has 0 saturated carbocycles. The molecule has 0 radical (unpaired) electrons. The third-order valence-corrected chi connectivity index (χ3v) is 9.41. The first-order valence-corrected chi connectivity index (χ1v) is 16.5. The summed E-state index contributed by atoms with van der Waals surface area (Å²) in [6.07, 6.45) is 0. The maximum absolute atomic E-state index is 9.55. The van der Waals surface area contributed by atoms with Crippen molar-refractivity contribution >= 4 is 21.8 Å². The van der Waals surface area contributed by atoms with Gasteiger partial charge in [-0.3, -0.25) is 4.57 Å². The van der Waals surface area contributed by atoms with Gasteiger partial charge >= 0.3 is 0 Å². The van der Waals surface area contributed by atoms with E-state index in [0.29, 0.717) is 11.1 Å². The molecule has 0 atom stereocenters. The molecule has 1 aliphatic carbocycles. The maximum atomic E-state index is 9.55. The Hall–Kier alpha value is -6.65. The van der Waals surface area contributed by atoms with Crippen LogP contribution in [0, 0.1) is 0 Å². The summed E-state index contributed by atoms with van der Waals surface area (Å²) in [4.78, 5) is 14.6. The van der Waals surface area contributed by atoms with E-state index < -0.39 is 102 Å². The molecule has 0 spiro atoms. The van der Waals surface area contributed by atoms with Crippen LogP contribution in [-0.4, -0.2) is 19.5 Å². The van der Waals surface area contributed by atoms with Gasteiger partial charge in [-0.15, -0.1) is 0 Å². The second-order valence-corrected chi connectivity index (χ2v) is 12.5. The molecule has 7 aromatic carbocycles. The Kier molecular flexibility index (Phi) is 4.06. The normalized spacial score (nSPS) is 17.8. The number of aromatic nitrogens is 4. The first-order chi connectivity index (χ1) is 32.2. The van der Waals surface area contributed by atoms with Crippen molar-refractivity contribution in [2.45, 2.75) is 19.1 Å². The van der Waals surface area contributed by atoms with Crippen molar-refractivity contribution in [2.24, 2.45) is 0 Å². The minimum absolute atomic E-state index is 0.0668. The van der Waals surface area contributed by atoms with Crippen LogP contribution in [0.15, 0.2) is 170 Å². The van der Waals surface area contributed by atoms with Gasteiger partial charge in [0.1, 0.15) is 0 Å². The topological polar surface area (TPSA) is 43.6 Å². The zero-order chi connectivity index (χ0) is 48.5. The first kappa shape index (κ1) is 18.0. The van der Waals surface area contributed by atoms with Gasteiger partial charge in [0.05, 0.1) is 24.7 Å². The van der Waals surface area contributed by atoms with E-state index >= 15 is 0 Å². The summed E-state index contributed by atoms with van der Waals surface area (Å²) in [5.41, 5.74) is -1.89. The molecule has 9 aromatic rings. The minimum atomic E-state index is -3.65. The number of nitrogens with zero attached hydrogens (tertiary/aromatic N) is 4. The number of hydrogen-bond acceptors (Lipinski definition) is 3. The average molecular weight is 683 g/mol. The second kappa shape index (κ2) is 11.7. The molecule has 0 amide bonds. The molecule has 10 rings (SSSR count). The van der Waals surface area contributed by atoms with E-state index in [2.05, 4.69) is 0 Å². The van der Waals surface area contributed by atoms with Crippen LogP contribution in [0.4, 0.5) is 0 Å². The standard InChI is InChI=1S/C48H34N4/c1-48(2)40-19-11-9-18-39(40)43-41(48)30-29-38-37-17-10-12-20-42(37)52(44(38)43)47-50-45(35-15-7-4-8-16-35)49-46(51-47)36-27-25-34(26-28-36)33-23-21-32(22-24-33)31-13-5-3-6-14-31/h3-30H,1-2H3/i1D3,2D3,9D,10D,11D,12D,17D,18D,19D,20D,29D,30D. The molecule has 246 valence electrons. The highest BCUT2D eigenvalue weighted by Gasteiger charge is 2.37. The molecule has 4 heteroatoms. The summed E-state index contributed by atoms with van der Waals surface area (Å²) in [5, 5.41) is -0.673. The maximum Gasteiger partial charge on any atom is 0.238 e. The fourth-order valence-corrected chi connectivity index (χ4v) is 6.90. The van der Waals surface area contributed by atoms with Gasteiger partial charge in [-0.1, -0.05) is 177 Å². The lowest BCUT2D eigenvalue weighted by Gasteiger charge is -2.21. The van der Waals surface area contributed by atoms with Crippen LogP contribution < -0.4 is 0 Å². The fraction of sp³-hybridized carbons (Fsp3) is 0.0625. The SMILES string of the molecule is [2H]c1c([2H])c([2H])c2c(c1[2H])-c1c(c([2H])c([2H])c3c4c([2H])c([2H])c([2H])c([2H])c4n(-c4nc(-c5ccccc5)nc(-c5ccc(-c6ccc(-c7ccccc7)cc6)cc5)n4)c13)C2(C([2H])([2H])[2H])C([2H])([2H])[2H]. The quantitative estimate of drug-likeness (QED) is 0.181. The highest BCUT2D eigenvalue weighted by atomic mass is 15.2. The summed E-state index contributed by atoms with van der Waals surface area (Å²) in [6.45, 7) is -7.30. The predicted octanol–water partition coefficient (Wildman–Crippen LogP) is 11.9. The fourth-order valence-electron chi connectivity index (χ4n) is 6.90. The number of fused-ring (bicyclic) bond motifs is 7. The van der Waals surface area contributed by atoms with E-state index in [0.717, 1.165) is 26.8 Å². The van der Waals surface area contributed by atoms with E-state index in [1.54, 1.807) is 42.5 Å². The number of hydrogen-bond donors (Lipinski definition) is 0. The lowest BCUT2D eigenvalue weighted by atomic mass is 9.82. The summed E-state index contributed by atoms with van der Waals surface area (Å²) >= 11 is 0. The minimum Gasteiger partial charge on any atom is -0.277 e. The Labute approximate surface area is 325 Å². The number of benzene rings is 7. The Morgan fingerprint density at radius 1 is 0.500 bits per heavy atom. The predicted molar refractivity (Wildman–Crippen MR) is 213 cm³/mol. The van der Waals surface area contributed by atoms with Crippen molar-refractivity contribution in [1.29, 1.82) is 0 Å². The van der Waals surface area contributed by atoms with Gasteiger partial charge in [-0.05, 0) is 45.0 Å². The molecule has 2 aromatic heterocycles. The van der Waals surface area contributed by atoms with E-state index in [1.165, 1.54) is 0 Å². The Morgan fingerprint density at radius 2 is 1.04 bits per heavy atom. The first-order valence-electron chi connectivity index (χ1n) is 24.5. The van der Waals surface area contributed by atoms with Crippen LogP contribution in [-0.2, 0) is 5.41 Å². The largest absolute Gasteiger partial charge is 0.277 e. The van der Waals surface area contributed by atoms with E-state index in [9.17, 15) is 6.85 Å². The lowest BCUT2D eigenvalue weighted by molar-refractivity contribution is 0.660. The number of para-hydroxylation sites is 1. The summed E-state index contributed by atoms with van der Waals surface area (Å²) in [6, 6.07) is 25.9. The van der Waals surface area contributed by atoms with Crippen molar-refractivity contribution in [1.82, 2.24) is 19.5 Å². The van der Waals surface area contributed by atoms with Gasteiger partial charge in [0, 0.05) is 41.1 Å². The van der Waals surface area contributed by atoms with Crippen LogP contribution in [0.3, 0.4) is 0 Å². The Balaban J connectivity index is 1.33. The molecule has 1 aliphatic rings. The van der Waals surface area contributed by atoms with Gasteiger partial charge < -0.3 is 0 Å². The van der Waals surface area contributed by atoms with Gasteiger partial charge in [0.2, 0.25) is 5.95 Å². The van der Waals surface area contributed by atoms with Crippen LogP contribution in [0.5, 0.6) is 0 Å². The molecular weight excluding hydrogens is 633 g/mol. The second-order valence-electron chi connectivity index (χ2n) is 12.5. The van der Waals surface area contributed by atoms with E-state index in [1.807, 2.05) is 66.7 Å². The summed E-state index contributed by atoms with van der Waals surface area (Å²) in [7, 11) is 0. The Morgan fingerprint density at radius 3 is 1.69 bits per heavy atom. The van der Waals surface area contributed by atoms with Crippen LogP contribution in [0.2, 0.25) is 0 Å². The van der Waals surface area contributed by atoms with Crippen molar-refractivity contribution in [3.8, 4) is 62.1 Å². The lowest BCUT2D eigenvalue weighted by Crippen LogP contribution is -2.14. The molecule has 0 saturated heterocycles. The summed E-state index contributed by atoms with van der Waals surface area (Å²) < 4.78 is 145.